The topological polar surface area (TPSA) is 68.2 Å². The molecule has 1 aliphatic carbocycles. The van der Waals surface area contributed by atoms with Crippen molar-refractivity contribution in [2.45, 2.75) is 38.1 Å². The van der Waals surface area contributed by atoms with E-state index in [0.717, 1.165) is 42.9 Å². The molecule has 3 heterocycles. The van der Waals surface area contributed by atoms with E-state index in [-0.39, 0.29) is 30.5 Å². The van der Waals surface area contributed by atoms with Crippen molar-refractivity contribution >= 4 is 23.3 Å². The molecule has 0 spiro atoms. The minimum absolute atomic E-state index is 0.0110. The van der Waals surface area contributed by atoms with Crippen molar-refractivity contribution < 1.29 is 19.1 Å². The van der Waals surface area contributed by atoms with E-state index in [4.69, 9.17) is 14.5 Å². The third-order valence-corrected chi connectivity index (χ3v) is 7.64. The zero-order chi connectivity index (χ0) is 20.4. The Hall–Kier alpha value is -2.47. The number of esters is 2. The predicted molar refractivity (Wildman–Crippen MR) is 108 cm³/mol. The molecule has 1 aromatic carbocycles. The first kappa shape index (κ1) is 18.6. The van der Waals surface area contributed by atoms with E-state index in [9.17, 15) is 9.59 Å². The van der Waals surface area contributed by atoms with Gasteiger partial charge in [-0.2, -0.15) is 0 Å². The number of benzene rings is 1. The van der Waals surface area contributed by atoms with E-state index < -0.39 is 10.8 Å². The second kappa shape index (κ2) is 6.26. The Morgan fingerprint density at radius 2 is 2.14 bits per heavy atom. The van der Waals surface area contributed by atoms with Crippen molar-refractivity contribution in [3.05, 3.63) is 41.5 Å². The average Bonchev–Trinajstić information content (AvgIpc) is 3.09. The number of ether oxygens (including phenoxy) is 2. The minimum atomic E-state index is -1.01. The summed E-state index contributed by atoms with van der Waals surface area (Å²) in [6.07, 6.45) is 3.69. The Morgan fingerprint density at radius 1 is 1.34 bits per heavy atom. The Balaban J connectivity index is 1.83. The zero-order valence-electron chi connectivity index (χ0n) is 17.1. The van der Waals surface area contributed by atoms with Crippen molar-refractivity contribution in [3.8, 4) is 0 Å². The van der Waals surface area contributed by atoms with Gasteiger partial charge in [-0.15, -0.1) is 0 Å². The van der Waals surface area contributed by atoms with Gasteiger partial charge < -0.3 is 9.47 Å². The predicted octanol–water partition coefficient (Wildman–Crippen LogP) is 2.79. The first-order valence-electron chi connectivity index (χ1n) is 10.3. The van der Waals surface area contributed by atoms with Gasteiger partial charge >= 0.3 is 11.9 Å². The van der Waals surface area contributed by atoms with Crippen LogP contribution in [0.3, 0.4) is 0 Å². The molecule has 6 nitrogen and oxygen atoms in total. The van der Waals surface area contributed by atoms with Gasteiger partial charge in [0.25, 0.3) is 0 Å². The molecule has 1 saturated carbocycles. The molecule has 4 aliphatic rings. The Bertz CT molecular complexity index is 967. The van der Waals surface area contributed by atoms with Crippen LogP contribution in [0.4, 0.5) is 5.69 Å². The van der Waals surface area contributed by atoms with E-state index in [1.165, 1.54) is 19.6 Å². The van der Waals surface area contributed by atoms with Gasteiger partial charge in [0.1, 0.15) is 12.0 Å². The lowest BCUT2D eigenvalue weighted by Crippen LogP contribution is -2.75. The normalized spacial score (nSPS) is 35.7. The van der Waals surface area contributed by atoms with E-state index in [0.29, 0.717) is 0 Å². The first-order valence-corrected chi connectivity index (χ1v) is 10.3. The van der Waals surface area contributed by atoms with Gasteiger partial charge in [-0.1, -0.05) is 29.8 Å². The van der Waals surface area contributed by atoms with E-state index in [1.54, 1.807) is 0 Å². The molecule has 5 rings (SSSR count). The maximum absolute atomic E-state index is 13.7. The van der Waals surface area contributed by atoms with Gasteiger partial charge in [-0.25, -0.2) is 0 Å². The molecule has 0 radical (unpaired) electrons. The summed E-state index contributed by atoms with van der Waals surface area (Å²) in [4.78, 5) is 33.1. The lowest BCUT2D eigenvalue weighted by Gasteiger charge is -2.64. The molecule has 29 heavy (non-hydrogen) atoms. The summed E-state index contributed by atoms with van der Waals surface area (Å²) in [5, 5.41) is 0. The van der Waals surface area contributed by atoms with Crippen molar-refractivity contribution in [3.63, 3.8) is 0 Å². The summed E-state index contributed by atoms with van der Waals surface area (Å²) < 4.78 is 11.1. The van der Waals surface area contributed by atoms with Crippen LogP contribution in [0.1, 0.15) is 32.3 Å². The van der Waals surface area contributed by atoms with E-state index in [1.807, 2.05) is 25.1 Å². The largest absolute Gasteiger partial charge is 0.468 e. The number of nitrogens with zero attached hydrogens (tertiary/aromatic N) is 2. The minimum Gasteiger partial charge on any atom is -0.468 e. The average molecular weight is 394 g/mol. The first-order chi connectivity index (χ1) is 14.0. The SMILES string of the molecule is CC=C1CN2CC[C@]34C(=Nc5ccccc53)[C@@H]2C[C@H]1[C@@]4(COC(C)=O)C(=O)OC. The second-order valence-electron chi connectivity index (χ2n) is 8.55. The number of hydrogen-bond acceptors (Lipinski definition) is 6. The summed E-state index contributed by atoms with van der Waals surface area (Å²) in [5.41, 5.74) is 2.65. The number of piperidine rings is 2. The Labute approximate surface area is 170 Å². The molecule has 0 amide bonds. The fourth-order valence-electron chi connectivity index (χ4n) is 6.52. The van der Waals surface area contributed by atoms with Gasteiger partial charge in [-0.05, 0) is 31.4 Å². The Morgan fingerprint density at radius 3 is 2.86 bits per heavy atom. The summed E-state index contributed by atoms with van der Waals surface area (Å²) in [7, 11) is 1.44. The molecular weight excluding hydrogens is 368 g/mol. The number of fused-ring (bicyclic) bond motifs is 2. The number of carbonyl (C=O) groups is 2. The molecule has 152 valence electrons. The third-order valence-electron chi connectivity index (χ3n) is 7.64. The highest BCUT2D eigenvalue weighted by molar-refractivity contribution is 6.11. The van der Waals surface area contributed by atoms with Crippen LogP contribution in [0.15, 0.2) is 40.9 Å². The fourth-order valence-corrected chi connectivity index (χ4v) is 6.52. The van der Waals surface area contributed by atoms with Gasteiger partial charge in [-0.3, -0.25) is 19.5 Å². The number of rotatable bonds is 3. The van der Waals surface area contributed by atoms with Crippen LogP contribution in [-0.4, -0.2) is 55.4 Å². The van der Waals surface area contributed by atoms with Crippen LogP contribution >= 0.6 is 0 Å². The highest BCUT2D eigenvalue weighted by Gasteiger charge is 2.74. The van der Waals surface area contributed by atoms with E-state index in [2.05, 4.69) is 17.0 Å². The molecule has 6 heteroatoms. The van der Waals surface area contributed by atoms with Crippen LogP contribution in [0.25, 0.3) is 0 Å². The number of hydrogen-bond donors (Lipinski definition) is 0. The highest BCUT2D eigenvalue weighted by atomic mass is 16.5. The van der Waals surface area contributed by atoms with Gasteiger partial charge in [0.15, 0.2) is 0 Å². The van der Waals surface area contributed by atoms with Crippen LogP contribution in [0.5, 0.6) is 0 Å². The highest BCUT2D eigenvalue weighted by Crippen LogP contribution is 2.66. The zero-order valence-corrected chi connectivity index (χ0v) is 17.1. The third kappa shape index (κ3) is 2.13. The Kier molecular flexibility index (Phi) is 4.01. The van der Waals surface area contributed by atoms with Gasteiger partial charge in [0, 0.05) is 31.6 Å². The van der Waals surface area contributed by atoms with Crippen LogP contribution < -0.4 is 0 Å². The maximum atomic E-state index is 13.7. The lowest BCUT2D eigenvalue weighted by atomic mass is 9.43. The molecule has 0 N–H and O–H groups in total. The van der Waals surface area contributed by atoms with Crippen LogP contribution in [-0.2, 0) is 24.5 Å². The monoisotopic (exact) mass is 394 g/mol. The summed E-state index contributed by atoms with van der Waals surface area (Å²) in [6, 6.07) is 8.31. The molecule has 4 atom stereocenters. The van der Waals surface area contributed by atoms with Crippen LogP contribution in [0.2, 0.25) is 0 Å². The summed E-state index contributed by atoms with van der Waals surface area (Å²) in [6.45, 7) is 5.13. The second-order valence-corrected chi connectivity index (χ2v) is 8.55. The summed E-state index contributed by atoms with van der Waals surface area (Å²) >= 11 is 0. The maximum Gasteiger partial charge on any atom is 0.317 e. The van der Waals surface area contributed by atoms with Crippen LogP contribution in [0, 0.1) is 11.3 Å². The molecule has 3 bridgehead atoms. The molecule has 3 fully saturated rings. The smallest absolute Gasteiger partial charge is 0.317 e. The quantitative estimate of drug-likeness (QED) is 0.583. The summed E-state index contributed by atoms with van der Waals surface area (Å²) in [5.74, 6) is -0.737. The molecule has 1 aromatic rings. The molecule has 0 unspecified atom stereocenters. The fraction of sp³-hybridized carbons (Fsp3) is 0.522. The van der Waals surface area contributed by atoms with Crippen molar-refractivity contribution in [2.24, 2.45) is 16.3 Å². The standard InChI is InChI=1S/C23H26N2O4/c1-4-15-12-25-10-9-22-16-7-5-6-8-18(16)24-20(22)19(25)11-17(15)23(22,21(27)28-3)13-29-14(2)26/h4-8,17,19H,9-13H2,1-3H3/t17-,19+,22-,23+/m1/s1. The molecule has 3 aliphatic heterocycles. The lowest BCUT2D eigenvalue weighted by molar-refractivity contribution is -0.176. The number of carbonyl (C=O) groups excluding carboxylic acids is 2. The number of aliphatic imine (C=N–C) groups is 1. The van der Waals surface area contributed by atoms with E-state index >= 15 is 0 Å². The molecule has 0 aromatic heterocycles. The van der Waals surface area contributed by atoms with Crippen molar-refractivity contribution in [1.29, 1.82) is 0 Å². The van der Waals surface area contributed by atoms with Crippen molar-refractivity contribution in [2.75, 3.05) is 26.8 Å². The van der Waals surface area contributed by atoms with Crippen molar-refractivity contribution in [1.82, 2.24) is 4.90 Å². The number of para-hydroxylation sites is 1. The number of methoxy groups -OCH3 is 1. The molecule has 2 saturated heterocycles. The van der Waals surface area contributed by atoms with Gasteiger partial charge in [0.2, 0.25) is 0 Å². The van der Waals surface area contributed by atoms with Gasteiger partial charge in [0.05, 0.1) is 24.3 Å². The molecular formula is C23H26N2O4. The number of allylic oxidation sites excluding steroid dienone is 1.